The Balaban J connectivity index is 2.25. The summed E-state index contributed by atoms with van der Waals surface area (Å²) in [7, 11) is 1.78. The number of amides is 1. The maximum absolute atomic E-state index is 12.7. The number of nitrogens with two attached hydrogens (primary N) is 1. The maximum atomic E-state index is 12.7. The first-order valence-corrected chi connectivity index (χ1v) is 6.80. The van der Waals surface area contributed by atoms with Crippen molar-refractivity contribution >= 4 is 11.7 Å². The van der Waals surface area contributed by atoms with Crippen molar-refractivity contribution in [3.05, 3.63) is 17.5 Å². The highest BCUT2D eigenvalue weighted by atomic mass is 16.4. The Kier molecular flexibility index (Phi) is 4.26. The Morgan fingerprint density at radius 3 is 2.75 bits per heavy atom. The molecule has 7 nitrogen and oxygen atoms in total. The van der Waals surface area contributed by atoms with Crippen molar-refractivity contribution in [1.29, 1.82) is 0 Å². The molecule has 2 rings (SSSR count). The number of hydrogen-bond acceptors (Lipinski definition) is 4. The van der Waals surface area contributed by atoms with Crippen molar-refractivity contribution in [1.82, 2.24) is 14.7 Å². The Bertz CT molecular complexity index is 517. The first-order valence-electron chi connectivity index (χ1n) is 6.80. The predicted octanol–water partition coefficient (Wildman–Crippen LogP) is 0.860. The molecule has 0 unspecified atom stereocenters. The van der Waals surface area contributed by atoms with Crippen molar-refractivity contribution in [2.45, 2.75) is 38.6 Å². The molecule has 0 bridgehead atoms. The van der Waals surface area contributed by atoms with Crippen LogP contribution in [-0.2, 0) is 7.05 Å². The highest BCUT2D eigenvalue weighted by Gasteiger charge is 2.29. The minimum atomic E-state index is -0.103. The molecule has 1 fully saturated rings. The van der Waals surface area contributed by atoms with Crippen molar-refractivity contribution in [2.24, 2.45) is 17.9 Å². The second kappa shape index (κ2) is 5.94. The summed E-state index contributed by atoms with van der Waals surface area (Å²) in [4.78, 5) is 14.4. The van der Waals surface area contributed by atoms with E-state index in [0.29, 0.717) is 11.3 Å². The molecular formula is C13H21N5O2. The van der Waals surface area contributed by atoms with Crippen molar-refractivity contribution in [3.63, 3.8) is 0 Å². The van der Waals surface area contributed by atoms with Crippen LogP contribution >= 0.6 is 0 Å². The number of carbonyl (C=O) groups excluding carboxylic acids is 1. The molecule has 20 heavy (non-hydrogen) atoms. The van der Waals surface area contributed by atoms with Gasteiger partial charge in [0.05, 0.1) is 17.8 Å². The van der Waals surface area contributed by atoms with Crippen LogP contribution in [-0.4, -0.2) is 44.2 Å². The van der Waals surface area contributed by atoms with Crippen LogP contribution in [0.25, 0.3) is 0 Å². The van der Waals surface area contributed by atoms with E-state index in [-0.39, 0.29) is 24.3 Å². The summed E-state index contributed by atoms with van der Waals surface area (Å²) in [6.45, 7) is 1.96. The molecule has 3 N–H and O–H groups in total. The van der Waals surface area contributed by atoms with Crippen LogP contribution in [0.1, 0.15) is 41.7 Å². The fraction of sp³-hybridized carbons (Fsp3) is 0.615. The van der Waals surface area contributed by atoms with E-state index in [1.54, 1.807) is 22.8 Å². The highest BCUT2D eigenvalue weighted by Crippen LogP contribution is 2.25. The zero-order chi connectivity index (χ0) is 14.7. The first kappa shape index (κ1) is 14.4. The number of nitrogens with zero attached hydrogens (tertiary/aromatic N) is 4. The Morgan fingerprint density at radius 1 is 1.60 bits per heavy atom. The molecule has 0 saturated heterocycles. The van der Waals surface area contributed by atoms with E-state index >= 15 is 0 Å². The van der Waals surface area contributed by atoms with Crippen LogP contribution in [0.4, 0.5) is 0 Å². The van der Waals surface area contributed by atoms with Gasteiger partial charge in [-0.2, -0.15) is 5.10 Å². The second-order valence-electron chi connectivity index (χ2n) is 5.26. The fourth-order valence-electron chi connectivity index (χ4n) is 2.75. The highest BCUT2D eigenvalue weighted by molar-refractivity contribution is 5.97. The van der Waals surface area contributed by atoms with E-state index < -0.39 is 0 Å². The fourth-order valence-corrected chi connectivity index (χ4v) is 2.75. The van der Waals surface area contributed by atoms with E-state index in [2.05, 4.69) is 10.3 Å². The summed E-state index contributed by atoms with van der Waals surface area (Å²) in [5, 5.41) is 15.9. The minimum Gasteiger partial charge on any atom is -0.409 e. The summed E-state index contributed by atoms with van der Waals surface area (Å²) >= 11 is 0. The van der Waals surface area contributed by atoms with Gasteiger partial charge in [-0.3, -0.25) is 9.48 Å². The van der Waals surface area contributed by atoms with E-state index in [4.69, 9.17) is 10.9 Å². The zero-order valence-electron chi connectivity index (χ0n) is 11.9. The van der Waals surface area contributed by atoms with Crippen molar-refractivity contribution in [2.75, 3.05) is 6.54 Å². The maximum Gasteiger partial charge on any atom is 0.257 e. The van der Waals surface area contributed by atoms with E-state index in [1.165, 1.54) is 0 Å². The molecule has 0 spiro atoms. The van der Waals surface area contributed by atoms with Gasteiger partial charge in [-0.1, -0.05) is 18.0 Å². The van der Waals surface area contributed by atoms with Gasteiger partial charge >= 0.3 is 0 Å². The van der Waals surface area contributed by atoms with E-state index in [0.717, 1.165) is 25.7 Å². The summed E-state index contributed by atoms with van der Waals surface area (Å²) in [5.41, 5.74) is 6.85. The molecule has 1 amide bonds. The lowest BCUT2D eigenvalue weighted by molar-refractivity contribution is 0.0711. The quantitative estimate of drug-likeness (QED) is 0.370. The van der Waals surface area contributed by atoms with Crippen LogP contribution in [0, 0.1) is 6.92 Å². The van der Waals surface area contributed by atoms with Crippen molar-refractivity contribution in [3.8, 4) is 0 Å². The average Bonchev–Trinajstić information content (AvgIpc) is 3.04. The van der Waals surface area contributed by atoms with Gasteiger partial charge in [-0.05, 0) is 19.8 Å². The standard InChI is InChI=1S/C13H21N5O2/c1-9-11(7-17(2)15-9)13(19)18(8-12(14)16-20)10-5-3-4-6-10/h7,10,20H,3-6,8H2,1-2H3,(H2,14,16). The van der Waals surface area contributed by atoms with E-state index in [9.17, 15) is 4.79 Å². The van der Waals surface area contributed by atoms with Crippen LogP contribution in [0.2, 0.25) is 0 Å². The van der Waals surface area contributed by atoms with E-state index in [1.807, 2.05) is 6.92 Å². The SMILES string of the molecule is Cc1nn(C)cc1C(=O)N(C/C(N)=N/O)C1CCCC1. The largest absolute Gasteiger partial charge is 0.409 e. The third-order valence-electron chi connectivity index (χ3n) is 3.73. The molecule has 1 heterocycles. The van der Waals surface area contributed by atoms with Gasteiger partial charge in [0, 0.05) is 19.3 Å². The minimum absolute atomic E-state index is 0.0480. The van der Waals surface area contributed by atoms with Gasteiger partial charge in [0.1, 0.15) is 0 Å². The second-order valence-corrected chi connectivity index (χ2v) is 5.26. The number of amidine groups is 1. The third kappa shape index (κ3) is 2.92. The molecule has 1 aliphatic rings. The van der Waals surface area contributed by atoms with Crippen molar-refractivity contribution < 1.29 is 10.0 Å². The summed E-state index contributed by atoms with van der Waals surface area (Å²) in [6.07, 6.45) is 5.85. The smallest absolute Gasteiger partial charge is 0.257 e. The lowest BCUT2D eigenvalue weighted by Gasteiger charge is -2.28. The number of aromatic nitrogens is 2. The number of oxime groups is 1. The van der Waals surface area contributed by atoms with Crippen LogP contribution in [0.5, 0.6) is 0 Å². The van der Waals surface area contributed by atoms with Gasteiger partial charge < -0.3 is 15.8 Å². The molecule has 1 aliphatic carbocycles. The lowest BCUT2D eigenvalue weighted by Crippen LogP contribution is -2.44. The van der Waals surface area contributed by atoms with Crippen LogP contribution < -0.4 is 5.73 Å². The van der Waals surface area contributed by atoms with Crippen LogP contribution in [0.15, 0.2) is 11.4 Å². The van der Waals surface area contributed by atoms with Gasteiger partial charge in [0.25, 0.3) is 5.91 Å². The average molecular weight is 279 g/mol. The topological polar surface area (TPSA) is 96.7 Å². The zero-order valence-corrected chi connectivity index (χ0v) is 11.9. The molecule has 110 valence electrons. The third-order valence-corrected chi connectivity index (χ3v) is 3.73. The monoisotopic (exact) mass is 279 g/mol. The normalized spacial score (nSPS) is 16.6. The Morgan fingerprint density at radius 2 is 2.25 bits per heavy atom. The predicted molar refractivity (Wildman–Crippen MR) is 74.6 cm³/mol. The molecule has 0 aromatic carbocycles. The van der Waals surface area contributed by atoms with Gasteiger partial charge in [-0.15, -0.1) is 0 Å². The number of aryl methyl sites for hydroxylation is 2. The molecule has 0 aliphatic heterocycles. The summed E-state index contributed by atoms with van der Waals surface area (Å²) in [5.74, 6) is -0.0547. The molecular weight excluding hydrogens is 258 g/mol. The first-order chi connectivity index (χ1) is 9.52. The molecule has 0 radical (unpaired) electrons. The van der Waals surface area contributed by atoms with Gasteiger partial charge in [-0.25, -0.2) is 0 Å². The van der Waals surface area contributed by atoms with Gasteiger partial charge in [0.15, 0.2) is 5.84 Å². The van der Waals surface area contributed by atoms with Crippen LogP contribution in [0.3, 0.4) is 0 Å². The summed E-state index contributed by atoms with van der Waals surface area (Å²) in [6, 6.07) is 0.155. The molecule has 1 aromatic rings. The number of carbonyl (C=O) groups is 1. The Labute approximate surface area is 118 Å². The Hall–Kier alpha value is -2.05. The molecule has 1 aromatic heterocycles. The number of hydrogen-bond donors (Lipinski definition) is 2. The molecule has 7 heteroatoms. The van der Waals surface area contributed by atoms with Gasteiger partial charge in [0.2, 0.25) is 0 Å². The molecule has 1 saturated carbocycles. The molecule has 0 atom stereocenters. The number of rotatable bonds is 4. The lowest BCUT2D eigenvalue weighted by atomic mass is 10.1. The summed E-state index contributed by atoms with van der Waals surface area (Å²) < 4.78 is 1.62.